The van der Waals surface area contributed by atoms with Crippen LogP contribution in [0.1, 0.15) is 52.9 Å². The van der Waals surface area contributed by atoms with Crippen LogP contribution >= 0.6 is 0 Å². The predicted octanol–water partition coefficient (Wildman–Crippen LogP) is 2.97. The molecule has 0 saturated heterocycles. The minimum atomic E-state index is -0.314. The molecule has 1 saturated carbocycles. The van der Waals surface area contributed by atoms with Crippen molar-refractivity contribution in [3.8, 4) is 0 Å². The van der Waals surface area contributed by atoms with E-state index in [4.69, 9.17) is 0 Å². The molecule has 1 rings (SSSR count). The lowest BCUT2D eigenvalue weighted by atomic mass is 9.74. The van der Waals surface area contributed by atoms with Crippen LogP contribution in [-0.4, -0.2) is 10.7 Å². The molecule has 0 unspecified atom stereocenters. The first-order valence-corrected chi connectivity index (χ1v) is 5.30. The summed E-state index contributed by atoms with van der Waals surface area (Å²) in [6, 6.07) is 0. The average Bonchev–Trinajstić information content (AvgIpc) is 2.05. The zero-order valence-electron chi connectivity index (χ0n) is 8.64. The standard InChI is InChI=1S/C11H22O/c1-4-11(12)7-5-10(6-8-11)9(2)3/h9-10,12H,4-8H2,1-3H3. The summed E-state index contributed by atoms with van der Waals surface area (Å²) in [7, 11) is 0. The third kappa shape index (κ3) is 2.22. The van der Waals surface area contributed by atoms with Crippen LogP contribution in [0.3, 0.4) is 0 Å². The van der Waals surface area contributed by atoms with Crippen molar-refractivity contribution in [3.63, 3.8) is 0 Å². The van der Waals surface area contributed by atoms with Gasteiger partial charge in [-0.1, -0.05) is 20.8 Å². The van der Waals surface area contributed by atoms with Gasteiger partial charge in [-0.05, 0) is 43.9 Å². The van der Waals surface area contributed by atoms with E-state index < -0.39 is 0 Å². The highest BCUT2D eigenvalue weighted by Gasteiger charge is 2.32. The predicted molar refractivity (Wildman–Crippen MR) is 52.0 cm³/mol. The Morgan fingerprint density at radius 1 is 1.33 bits per heavy atom. The van der Waals surface area contributed by atoms with Crippen LogP contribution in [0.4, 0.5) is 0 Å². The Balaban J connectivity index is 2.39. The monoisotopic (exact) mass is 170 g/mol. The van der Waals surface area contributed by atoms with Crippen molar-refractivity contribution in [3.05, 3.63) is 0 Å². The highest BCUT2D eigenvalue weighted by Crippen LogP contribution is 2.37. The first-order valence-electron chi connectivity index (χ1n) is 5.30. The number of rotatable bonds is 2. The fourth-order valence-electron chi connectivity index (χ4n) is 2.20. The van der Waals surface area contributed by atoms with Gasteiger partial charge >= 0.3 is 0 Å². The quantitative estimate of drug-likeness (QED) is 0.675. The second-order valence-corrected chi connectivity index (χ2v) is 4.66. The van der Waals surface area contributed by atoms with Gasteiger partial charge in [-0.15, -0.1) is 0 Å². The van der Waals surface area contributed by atoms with Crippen LogP contribution in [0.5, 0.6) is 0 Å². The van der Waals surface area contributed by atoms with Gasteiger partial charge in [-0.3, -0.25) is 0 Å². The van der Waals surface area contributed by atoms with Crippen LogP contribution in [-0.2, 0) is 0 Å². The topological polar surface area (TPSA) is 20.2 Å². The summed E-state index contributed by atoms with van der Waals surface area (Å²) < 4.78 is 0. The molecule has 0 heterocycles. The van der Waals surface area contributed by atoms with Gasteiger partial charge in [-0.25, -0.2) is 0 Å². The summed E-state index contributed by atoms with van der Waals surface area (Å²) in [6.07, 6.45) is 5.42. The molecule has 0 radical (unpaired) electrons. The molecule has 1 aliphatic carbocycles. The summed E-state index contributed by atoms with van der Waals surface area (Å²) in [5, 5.41) is 9.98. The van der Waals surface area contributed by atoms with E-state index >= 15 is 0 Å². The van der Waals surface area contributed by atoms with Gasteiger partial charge in [0, 0.05) is 0 Å². The smallest absolute Gasteiger partial charge is 0.0645 e. The maximum Gasteiger partial charge on any atom is 0.0645 e. The molecule has 0 aromatic rings. The Morgan fingerprint density at radius 3 is 2.17 bits per heavy atom. The van der Waals surface area contributed by atoms with Crippen LogP contribution in [0.15, 0.2) is 0 Å². The van der Waals surface area contributed by atoms with Crippen molar-refractivity contribution >= 4 is 0 Å². The minimum Gasteiger partial charge on any atom is -0.390 e. The van der Waals surface area contributed by atoms with E-state index in [2.05, 4.69) is 20.8 Å². The maximum absolute atomic E-state index is 9.98. The van der Waals surface area contributed by atoms with Crippen LogP contribution in [0, 0.1) is 11.8 Å². The Bertz CT molecular complexity index is 132. The van der Waals surface area contributed by atoms with Gasteiger partial charge in [0.2, 0.25) is 0 Å². The molecule has 0 bridgehead atoms. The molecule has 72 valence electrons. The molecule has 1 N–H and O–H groups in total. The molecule has 0 aromatic carbocycles. The van der Waals surface area contributed by atoms with E-state index in [1.54, 1.807) is 0 Å². The van der Waals surface area contributed by atoms with Gasteiger partial charge in [0.1, 0.15) is 0 Å². The van der Waals surface area contributed by atoms with Crippen molar-refractivity contribution in [1.29, 1.82) is 0 Å². The summed E-state index contributed by atoms with van der Waals surface area (Å²) in [5.41, 5.74) is -0.314. The zero-order valence-corrected chi connectivity index (χ0v) is 8.64. The number of hydrogen-bond donors (Lipinski definition) is 1. The highest BCUT2D eigenvalue weighted by molar-refractivity contribution is 4.84. The Hall–Kier alpha value is -0.0400. The molecule has 0 atom stereocenters. The first-order chi connectivity index (χ1) is 5.57. The summed E-state index contributed by atoms with van der Waals surface area (Å²) in [5.74, 6) is 1.66. The minimum absolute atomic E-state index is 0.314. The van der Waals surface area contributed by atoms with Gasteiger partial charge in [0.15, 0.2) is 0 Å². The van der Waals surface area contributed by atoms with E-state index in [1.165, 1.54) is 12.8 Å². The van der Waals surface area contributed by atoms with Crippen molar-refractivity contribution in [2.45, 2.75) is 58.5 Å². The molecule has 0 spiro atoms. The van der Waals surface area contributed by atoms with Crippen molar-refractivity contribution in [2.75, 3.05) is 0 Å². The summed E-state index contributed by atoms with van der Waals surface area (Å²) in [6.45, 7) is 6.68. The van der Waals surface area contributed by atoms with Crippen molar-refractivity contribution in [1.82, 2.24) is 0 Å². The van der Waals surface area contributed by atoms with Crippen LogP contribution < -0.4 is 0 Å². The molecule has 1 nitrogen and oxygen atoms in total. The van der Waals surface area contributed by atoms with Gasteiger partial charge in [0.25, 0.3) is 0 Å². The lowest BCUT2D eigenvalue weighted by Gasteiger charge is -2.36. The van der Waals surface area contributed by atoms with E-state index in [9.17, 15) is 5.11 Å². The maximum atomic E-state index is 9.98. The third-order valence-corrected chi connectivity index (χ3v) is 3.56. The second kappa shape index (κ2) is 3.78. The van der Waals surface area contributed by atoms with Gasteiger partial charge in [0.05, 0.1) is 5.60 Å². The molecular weight excluding hydrogens is 148 g/mol. The molecule has 1 heteroatoms. The fourth-order valence-corrected chi connectivity index (χ4v) is 2.20. The van der Waals surface area contributed by atoms with Gasteiger partial charge < -0.3 is 5.11 Å². The van der Waals surface area contributed by atoms with Gasteiger partial charge in [-0.2, -0.15) is 0 Å². The molecule has 0 amide bonds. The Morgan fingerprint density at radius 2 is 1.83 bits per heavy atom. The molecule has 1 aliphatic rings. The van der Waals surface area contributed by atoms with E-state index in [0.29, 0.717) is 0 Å². The second-order valence-electron chi connectivity index (χ2n) is 4.66. The Labute approximate surface area is 76.2 Å². The molecule has 12 heavy (non-hydrogen) atoms. The van der Waals surface area contributed by atoms with Crippen molar-refractivity contribution in [2.24, 2.45) is 11.8 Å². The summed E-state index contributed by atoms with van der Waals surface area (Å²) in [4.78, 5) is 0. The summed E-state index contributed by atoms with van der Waals surface area (Å²) >= 11 is 0. The largest absolute Gasteiger partial charge is 0.390 e. The molecular formula is C11H22O. The Kier molecular flexibility index (Phi) is 3.16. The average molecular weight is 170 g/mol. The van der Waals surface area contributed by atoms with Crippen LogP contribution in [0.25, 0.3) is 0 Å². The van der Waals surface area contributed by atoms with Crippen LogP contribution in [0.2, 0.25) is 0 Å². The SMILES string of the molecule is CCC1(O)CCC(C(C)C)CC1. The third-order valence-electron chi connectivity index (χ3n) is 3.56. The molecule has 0 aromatic heterocycles. The fraction of sp³-hybridized carbons (Fsp3) is 1.00. The first kappa shape index (κ1) is 10.0. The number of aliphatic hydroxyl groups is 1. The van der Waals surface area contributed by atoms with Crippen molar-refractivity contribution < 1.29 is 5.11 Å². The molecule has 0 aliphatic heterocycles. The lowest BCUT2D eigenvalue weighted by molar-refractivity contribution is -0.0180. The van der Waals surface area contributed by atoms with E-state index in [-0.39, 0.29) is 5.60 Å². The zero-order chi connectivity index (χ0) is 9.19. The number of hydrogen-bond acceptors (Lipinski definition) is 1. The highest BCUT2D eigenvalue weighted by atomic mass is 16.3. The molecule has 1 fully saturated rings. The normalized spacial score (nSPS) is 37.2. The lowest BCUT2D eigenvalue weighted by Crippen LogP contribution is -2.34. The van der Waals surface area contributed by atoms with E-state index in [0.717, 1.165) is 31.1 Å². The van der Waals surface area contributed by atoms with E-state index in [1.807, 2.05) is 0 Å².